The molecule has 2 rings (SSSR count). The Morgan fingerprint density at radius 2 is 1.62 bits per heavy atom. The van der Waals surface area contributed by atoms with Crippen LogP contribution in [-0.4, -0.2) is 9.55 Å². The molecule has 0 unspecified atom stereocenters. The predicted molar refractivity (Wildman–Crippen MR) is 90.8 cm³/mol. The molecule has 0 radical (unpaired) electrons. The van der Waals surface area contributed by atoms with Gasteiger partial charge in [-0.05, 0) is 26.8 Å². The van der Waals surface area contributed by atoms with E-state index >= 15 is 0 Å². The topological polar surface area (TPSA) is 43.8 Å². The van der Waals surface area contributed by atoms with Crippen molar-refractivity contribution in [3.8, 4) is 11.3 Å². The molecule has 0 aliphatic rings. The summed E-state index contributed by atoms with van der Waals surface area (Å²) in [5.74, 6) is 1.64. The van der Waals surface area contributed by atoms with Gasteiger partial charge in [0.25, 0.3) is 0 Å². The summed E-state index contributed by atoms with van der Waals surface area (Å²) in [6.07, 6.45) is 0. The SMILES string of the molecule is CC(C)(C)c1nc(-c2ccccc2Cl)c(N)n1C(C)(C)C. The molecule has 0 saturated heterocycles. The molecule has 4 heteroatoms. The van der Waals surface area contributed by atoms with Crippen molar-refractivity contribution in [2.24, 2.45) is 0 Å². The zero-order valence-electron chi connectivity index (χ0n) is 13.7. The van der Waals surface area contributed by atoms with E-state index in [1.807, 2.05) is 24.3 Å². The van der Waals surface area contributed by atoms with Gasteiger partial charge >= 0.3 is 0 Å². The Balaban J connectivity index is 2.77. The van der Waals surface area contributed by atoms with E-state index in [1.165, 1.54) is 0 Å². The smallest absolute Gasteiger partial charge is 0.132 e. The Kier molecular flexibility index (Phi) is 3.83. The third-order valence-electron chi connectivity index (χ3n) is 3.38. The van der Waals surface area contributed by atoms with Gasteiger partial charge in [-0.15, -0.1) is 0 Å². The number of nitrogen functional groups attached to an aromatic ring is 1. The minimum atomic E-state index is -0.140. The third kappa shape index (κ3) is 2.93. The van der Waals surface area contributed by atoms with Gasteiger partial charge in [-0.1, -0.05) is 50.6 Å². The minimum absolute atomic E-state index is 0.0963. The van der Waals surface area contributed by atoms with Gasteiger partial charge in [0.15, 0.2) is 0 Å². The predicted octanol–water partition coefficient (Wildman–Crippen LogP) is 4.84. The Bertz CT molecular complexity index is 658. The maximum Gasteiger partial charge on any atom is 0.132 e. The van der Waals surface area contributed by atoms with Crippen LogP contribution in [0.1, 0.15) is 47.4 Å². The lowest BCUT2D eigenvalue weighted by Gasteiger charge is -2.29. The number of hydrogen-bond donors (Lipinski definition) is 1. The third-order valence-corrected chi connectivity index (χ3v) is 3.71. The van der Waals surface area contributed by atoms with Crippen molar-refractivity contribution in [1.29, 1.82) is 0 Å². The van der Waals surface area contributed by atoms with E-state index in [0.29, 0.717) is 10.8 Å². The second-order valence-electron chi connectivity index (χ2n) is 7.41. The molecule has 0 bridgehead atoms. The van der Waals surface area contributed by atoms with Gasteiger partial charge < -0.3 is 10.3 Å². The molecule has 0 saturated carbocycles. The molecule has 1 aromatic heterocycles. The number of imidazole rings is 1. The van der Waals surface area contributed by atoms with Crippen molar-refractivity contribution >= 4 is 17.4 Å². The first-order valence-corrected chi connectivity index (χ1v) is 7.55. The molecule has 114 valence electrons. The van der Waals surface area contributed by atoms with E-state index in [2.05, 4.69) is 46.1 Å². The number of rotatable bonds is 1. The fourth-order valence-electron chi connectivity index (χ4n) is 2.47. The second kappa shape index (κ2) is 5.06. The van der Waals surface area contributed by atoms with Crippen LogP contribution in [0.15, 0.2) is 24.3 Å². The summed E-state index contributed by atoms with van der Waals surface area (Å²) in [5.41, 5.74) is 7.84. The molecule has 3 nitrogen and oxygen atoms in total. The first-order chi connectivity index (χ1) is 9.53. The summed E-state index contributed by atoms with van der Waals surface area (Å²) < 4.78 is 2.12. The zero-order chi connectivity index (χ0) is 16.0. The van der Waals surface area contributed by atoms with E-state index in [9.17, 15) is 0 Å². The van der Waals surface area contributed by atoms with Crippen LogP contribution >= 0.6 is 11.6 Å². The minimum Gasteiger partial charge on any atom is -0.383 e. The average molecular weight is 306 g/mol. The van der Waals surface area contributed by atoms with Crippen LogP contribution in [0.4, 0.5) is 5.82 Å². The number of hydrogen-bond acceptors (Lipinski definition) is 2. The van der Waals surface area contributed by atoms with Crippen molar-refractivity contribution in [3.05, 3.63) is 35.1 Å². The molecule has 0 aliphatic heterocycles. The van der Waals surface area contributed by atoms with Crippen molar-refractivity contribution < 1.29 is 0 Å². The fourth-order valence-corrected chi connectivity index (χ4v) is 2.69. The number of anilines is 1. The molecule has 0 atom stereocenters. The summed E-state index contributed by atoms with van der Waals surface area (Å²) in [7, 11) is 0. The quantitative estimate of drug-likeness (QED) is 0.819. The highest BCUT2D eigenvalue weighted by Gasteiger charge is 2.31. The summed E-state index contributed by atoms with van der Waals surface area (Å²) in [5, 5.41) is 0.670. The Labute approximate surface area is 132 Å². The van der Waals surface area contributed by atoms with Crippen molar-refractivity contribution in [2.75, 3.05) is 5.73 Å². The van der Waals surface area contributed by atoms with E-state index < -0.39 is 0 Å². The Morgan fingerprint density at radius 3 is 2.05 bits per heavy atom. The monoisotopic (exact) mass is 305 g/mol. The summed E-state index contributed by atoms with van der Waals surface area (Å²) in [6.45, 7) is 12.8. The van der Waals surface area contributed by atoms with Crippen molar-refractivity contribution in [2.45, 2.75) is 52.5 Å². The van der Waals surface area contributed by atoms with Crippen LogP contribution in [0.25, 0.3) is 11.3 Å². The van der Waals surface area contributed by atoms with Crippen LogP contribution in [0, 0.1) is 0 Å². The van der Waals surface area contributed by atoms with Crippen LogP contribution in [0.3, 0.4) is 0 Å². The molecule has 2 aromatic rings. The van der Waals surface area contributed by atoms with E-state index in [1.54, 1.807) is 0 Å². The highest BCUT2D eigenvalue weighted by atomic mass is 35.5. The van der Waals surface area contributed by atoms with Crippen LogP contribution in [-0.2, 0) is 11.0 Å². The molecule has 0 aliphatic carbocycles. The van der Waals surface area contributed by atoms with E-state index in [4.69, 9.17) is 22.3 Å². The Morgan fingerprint density at radius 1 is 1.05 bits per heavy atom. The summed E-state index contributed by atoms with van der Waals surface area (Å²) in [4.78, 5) is 4.83. The zero-order valence-corrected chi connectivity index (χ0v) is 14.4. The number of halogens is 1. The van der Waals surface area contributed by atoms with Crippen molar-refractivity contribution in [1.82, 2.24) is 9.55 Å². The van der Waals surface area contributed by atoms with Crippen LogP contribution in [0.5, 0.6) is 0 Å². The normalized spacial score (nSPS) is 12.7. The van der Waals surface area contributed by atoms with Crippen LogP contribution in [0.2, 0.25) is 5.02 Å². The highest BCUT2D eigenvalue weighted by Crippen LogP contribution is 2.38. The lowest BCUT2D eigenvalue weighted by molar-refractivity contribution is 0.359. The first kappa shape index (κ1) is 15.9. The number of nitrogens with zero attached hydrogens (tertiary/aromatic N) is 2. The van der Waals surface area contributed by atoms with E-state index in [-0.39, 0.29) is 11.0 Å². The highest BCUT2D eigenvalue weighted by molar-refractivity contribution is 6.33. The number of aromatic nitrogens is 2. The standard InChI is InChI=1S/C17H24ClN3/c1-16(2,3)15-20-13(11-9-7-8-10-12(11)18)14(19)21(15)17(4,5)6/h7-10H,19H2,1-6H3. The van der Waals surface area contributed by atoms with Gasteiger partial charge in [0, 0.05) is 16.5 Å². The number of nitrogens with two attached hydrogens (primary N) is 1. The number of benzene rings is 1. The molecule has 0 fully saturated rings. The van der Waals surface area contributed by atoms with E-state index in [0.717, 1.165) is 17.1 Å². The lowest BCUT2D eigenvalue weighted by atomic mass is 9.94. The summed E-state index contributed by atoms with van der Waals surface area (Å²) in [6, 6.07) is 7.69. The lowest BCUT2D eigenvalue weighted by Crippen LogP contribution is -2.30. The maximum atomic E-state index is 6.43. The molecule has 2 N–H and O–H groups in total. The molecule has 1 aromatic carbocycles. The summed E-state index contributed by atoms with van der Waals surface area (Å²) >= 11 is 6.32. The average Bonchev–Trinajstić information content (AvgIpc) is 2.67. The van der Waals surface area contributed by atoms with Gasteiger partial charge in [-0.2, -0.15) is 0 Å². The molecule has 0 spiro atoms. The van der Waals surface area contributed by atoms with Gasteiger partial charge in [0.05, 0.1) is 5.02 Å². The Hall–Kier alpha value is -1.48. The molecule has 1 heterocycles. The molecular weight excluding hydrogens is 282 g/mol. The second-order valence-corrected chi connectivity index (χ2v) is 7.81. The van der Waals surface area contributed by atoms with Crippen molar-refractivity contribution in [3.63, 3.8) is 0 Å². The molecule has 21 heavy (non-hydrogen) atoms. The first-order valence-electron chi connectivity index (χ1n) is 7.17. The molecule has 0 amide bonds. The molecular formula is C17H24ClN3. The van der Waals surface area contributed by atoms with Gasteiger partial charge in [0.1, 0.15) is 17.3 Å². The van der Waals surface area contributed by atoms with Gasteiger partial charge in [0.2, 0.25) is 0 Å². The largest absolute Gasteiger partial charge is 0.383 e. The van der Waals surface area contributed by atoms with Crippen LogP contribution < -0.4 is 5.73 Å². The maximum absolute atomic E-state index is 6.43. The van der Waals surface area contributed by atoms with Gasteiger partial charge in [-0.25, -0.2) is 4.98 Å². The fraction of sp³-hybridized carbons (Fsp3) is 0.471. The van der Waals surface area contributed by atoms with Gasteiger partial charge in [-0.3, -0.25) is 0 Å².